The maximum Gasteiger partial charge on any atom is 0.230 e. The summed E-state index contributed by atoms with van der Waals surface area (Å²) in [5, 5.41) is 12.0. The van der Waals surface area contributed by atoms with Crippen LogP contribution in [0.3, 0.4) is 0 Å². The van der Waals surface area contributed by atoms with E-state index in [2.05, 4.69) is 15.5 Å². The fourth-order valence-corrected chi connectivity index (χ4v) is 4.20. The van der Waals surface area contributed by atoms with E-state index in [4.69, 9.17) is 4.74 Å². The molecule has 1 saturated heterocycles. The van der Waals surface area contributed by atoms with Crippen LogP contribution in [-0.2, 0) is 9.53 Å². The highest BCUT2D eigenvalue weighted by Gasteiger charge is 2.21. The van der Waals surface area contributed by atoms with Crippen molar-refractivity contribution < 1.29 is 13.9 Å². The lowest BCUT2D eigenvalue weighted by Crippen LogP contribution is -2.32. The molecule has 0 bridgehead atoms. The summed E-state index contributed by atoms with van der Waals surface area (Å²) >= 11 is 1.28. The third kappa shape index (κ3) is 4.55. The first-order chi connectivity index (χ1) is 14.6. The van der Waals surface area contributed by atoms with Gasteiger partial charge in [-0.2, -0.15) is 0 Å². The van der Waals surface area contributed by atoms with Gasteiger partial charge in [-0.25, -0.2) is 4.39 Å². The number of amides is 1. The van der Waals surface area contributed by atoms with E-state index in [9.17, 15) is 9.18 Å². The van der Waals surface area contributed by atoms with Crippen LogP contribution in [0.4, 0.5) is 4.39 Å². The second-order valence-electron chi connectivity index (χ2n) is 7.14. The Kier molecular flexibility index (Phi) is 6.44. The standard InChI is InChI=1S/C22H23FN4O2S/c1-15-7-2-5-11-19(15)27-21(17-9-3-4-10-18(17)23)25-26-22(27)30-14-20(28)24-13-16-8-6-12-29-16/h2-5,7,9-11,16H,6,8,12-14H2,1H3,(H,24,28). The summed E-state index contributed by atoms with van der Waals surface area (Å²) in [6.45, 7) is 3.25. The Morgan fingerprint density at radius 3 is 2.80 bits per heavy atom. The molecule has 1 atom stereocenters. The van der Waals surface area contributed by atoms with Gasteiger partial charge in [-0.3, -0.25) is 9.36 Å². The van der Waals surface area contributed by atoms with Crippen LogP contribution in [0.5, 0.6) is 0 Å². The first-order valence-electron chi connectivity index (χ1n) is 9.91. The lowest BCUT2D eigenvalue weighted by atomic mass is 10.1. The monoisotopic (exact) mass is 426 g/mol. The van der Waals surface area contributed by atoms with Gasteiger partial charge in [0.25, 0.3) is 0 Å². The third-order valence-corrected chi connectivity index (χ3v) is 5.92. The molecule has 0 radical (unpaired) electrons. The van der Waals surface area contributed by atoms with E-state index in [-0.39, 0.29) is 23.6 Å². The van der Waals surface area contributed by atoms with Crippen LogP contribution in [0.2, 0.25) is 0 Å². The summed E-state index contributed by atoms with van der Waals surface area (Å²) < 4.78 is 21.8. The maximum absolute atomic E-state index is 14.5. The highest BCUT2D eigenvalue weighted by molar-refractivity contribution is 7.99. The van der Waals surface area contributed by atoms with E-state index >= 15 is 0 Å². The van der Waals surface area contributed by atoms with Crippen molar-refractivity contribution in [1.29, 1.82) is 0 Å². The molecular weight excluding hydrogens is 403 g/mol. The Hall–Kier alpha value is -2.71. The van der Waals surface area contributed by atoms with E-state index in [0.717, 1.165) is 30.7 Å². The van der Waals surface area contributed by atoms with Gasteiger partial charge in [0.05, 0.1) is 23.1 Å². The van der Waals surface area contributed by atoms with Crippen LogP contribution in [0, 0.1) is 12.7 Å². The minimum atomic E-state index is -0.370. The molecule has 4 rings (SSSR count). The predicted molar refractivity (Wildman–Crippen MR) is 114 cm³/mol. The molecule has 1 amide bonds. The number of hydrogen-bond acceptors (Lipinski definition) is 5. The van der Waals surface area contributed by atoms with Crippen LogP contribution in [-0.4, -0.2) is 45.7 Å². The Morgan fingerprint density at radius 1 is 1.23 bits per heavy atom. The number of nitrogens with zero attached hydrogens (tertiary/aromatic N) is 3. The molecule has 0 saturated carbocycles. The first kappa shape index (κ1) is 20.6. The average Bonchev–Trinajstić information content (AvgIpc) is 3.41. The van der Waals surface area contributed by atoms with Gasteiger partial charge in [0.2, 0.25) is 5.91 Å². The molecule has 156 valence electrons. The zero-order chi connectivity index (χ0) is 20.9. The molecule has 1 aliphatic heterocycles. The number of para-hydroxylation sites is 1. The van der Waals surface area contributed by atoms with Crippen molar-refractivity contribution in [2.24, 2.45) is 0 Å². The van der Waals surface area contributed by atoms with E-state index < -0.39 is 0 Å². The molecule has 1 fully saturated rings. The summed E-state index contributed by atoms with van der Waals surface area (Å²) in [5.74, 6) is 0.131. The second kappa shape index (κ2) is 9.40. The van der Waals surface area contributed by atoms with Crippen LogP contribution in [0.1, 0.15) is 18.4 Å². The van der Waals surface area contributed by atoms with Crippen molar-refractivity contribution in [2.75, 3.05) is 18.9 Å². The quantitative estimate of drug-likeness (QED) is 0.583. The van der Waals surface area contributed by atoms with E-state index in [1.807, 2.05) is 35.8 Å². The minimum absolute atomic E-state index is 0.0951. The Bertz CT molecular complexity index is 1030. The molecule has 2 heterocycles. The van der Waals surface area contributed by atoms with Gasteiger partial charge in [0, 0.05) is 13.2 Å². The minimum Gasteiger partial charge on any atom is -0.376 e. The topological polar surface area (TPSA) is 69.0 Å². The number of rotatable bonds is 7. The molecule has 1 aromatic heterocycles. The SMILES string of the molecule is Cc1ccccc1-n1c(SCC(=O)NCC2CCCO2)nnc1-c1ccccc1F. The summed E-state index contributed by atoms with van der Waals surface area (Å²) in [4.78, 5) is 12.3. The number of halogens is 1. The fraction of sp³-hybridized carbons (Fsp3) is 0.318. The number of thioether (sulfide) groups is 1. The number of nitrogens with one attached hydrogen (secondary N) is 1. The highest BCUT2D eigenvalue weighted by Crippen LogP contribution is 2.30. The molecular formula is C22H23FN4O2S. The molecule has 1 unspecified atom stereocenters. The van der Waals surface area contributed by atoms with Crippen LogP contribution >= 0.6 is 11.8 Å². The summed E-state index contributed by atoms with van der Waals surface area (Å²) in [6.07, 6.45) is 2.11. The zero-order valence-electron chi connectivity index (χ0n) is 16.7. The van der Waals surface area contributed by atoms with Crippen molar-refractivity contribution >= 4 is 17.7 Å². The molecule has 6 nitrogen and oxygen atoms in total. The molecule has 30 heavy (non-hydrogen) atoms. The molecule has 8 heteroatoms. The fourth-order valence-electron chi connectivity index (χ4n) is 3.43. The molecule has 0 spiro atoms. The predicted octanol–water partition coefficient (Wildman–Crippen LogP) is 3.77. The van der Waals surface area contributed by atoms with Gasteiger partial charge in [-0.05, 0) is 43.5 Å². The van der Waals surface area contributed by atoms with Crippen LogP contribution < -0.4 is 5.32 Å². The van der Waals surface area contributed by atoms with Crippen molar-refractivity contribution in [3.63, 3.8) is 0 Å². The van der Waals surface area contributed by atoms with Crippen molar-refractivity contribution in [2.45, 2.75) is 31.0 Å². The van der Waals surface area contributed by atoms with Gasteiger partial charge in [0.15, 0.2) is 11.0 Å². The number of aryl methyl sites for hydroxylation is 1. The van der Waals surface area contributed by atoms with Crippen molar-refractivity contribution in [1.82, 2.24) is 20.1 Å². The normalized spacial score (nSPS) is 16.0. The average molecular weight is 427 g/mol. The Labute approximate surface area is 178 Å². The zero-order valence-corrected chi connectivity index (χ0v) is 17.5. The highest BCUT2D eigenvalue weighted by atomic mass is 32.2. The van der Waals surface area contributed by atoms with Crippen molar-refractivity contribution in [3.05, 3.63) is 59.9 Å². The lowest BCUT2D eigenvalue weighted by Gasteiger charge is -2.13. The number of benzene rings is 2. The smallest absolute Gasteiger partial charge is 0.230 e. The largest absolute Gasteiger partial charge is 0.376 e. The number of aromatic nitrogens is 3. The van der Waals surface area contributed by atoms with Gasteiger partial charge >= 0.3 is 0 Å². The Morgan fingerprint density at radius 2 is 2.03 bits per heavy atom. The Balaban J connectivity index is 1.58. The maximum atomic E-state index is 14.5. The summed E-state index contributed by atoms with van der Waals surface area (Å²) in [5.41, 5.74) is 2.21. The number of carbonyl (C=O) groups is 1. The molecule has 3 aromatic rings. The van der Waals surface area contributed by atoms with Crippen LogP contribution in [0.25, 0.3) is 17.1 Å². The summed E-state index contributed by atoms with van der Waals surface area (Å²) in [6, 6.07) is 14.2. The van der Waals surface area contributed by atoms with Gasteiger partial charge in [0.1, 0.15) is 5.82 Å². The molecule has 0 aliphatic carbocycles. The number of carbonyl (C=O) groups excluding carboxylic acids is 1. The van der Waals surface area contributed by atoms with Gasteiger partial charge < -0.3 is 10.1 Å². The van der Waals surface area contributed by atoms with Crippen molar-refractivity contribution in [3.8, 4) is 17.1 Å². The molecule has 2 aromatic carbocycles. The van der Waals surface area contributed by atoms with Crippen LogP contribution in [0.15, 0.2) is 53.7 Å². The summed E-state index contributed by atoms with van der Waals surface area (Å²) in [7, 11) is 0. The van der Waals surface area contributed by atoms with E-state index in [0.29, 0.717) is 23.1 Å². The van der Waals surface area contributed by atoms with Gasteiger partial charge in [-0.1, -0.05) is 42.1 Å². The lowest BCUT2D eigenvalue weighted by molar-refractivity contribution is -0.119. The second-order valence-corrected chi connectivity index (χ2v) is 8.08. The van der Waals surface area contributed by atoms with E-state index in [1.165, 1.54) is 17.8 Å². The third-order valence-electron chi connectivity index (χ3n) is 4.99. The molecule has 1 N–H and O–H groups in total. The molecule has 1 aliphatic rings. The number of ether oxygens (including phenoxy) is 1. The van der Waals surface area contributed by atoms with Gasteiger partial charge in [-0.15, -0.1) is 10.2 Å². The first-order valence-corrected chi connectivity index (χ1v) is 10.9. The number of hydrogen-bond donors (Lipinski definition) is 1. The van der Waals surface area contributed by atoms with E-state index in [1.54, 1.807) is 18.2 Å².